The lowest BCUT2D eigenvalue weighted by Crippen LogP contribution is -2.33. The summed E-state index contributed by atoms with van der Waals surface area (Å²) >= 11 is 0. The lowest BCUT2D eigenvalue weighted by Gasteiger charge is -2.21. The highest BCUT2D eigenvalue weighted by Gasteiger charge is 2.36. The van der Waals surface area contributed by atoms with Crippen LogP contribution in [0.15, 0.2) is 30.3 Å². The Bertz CT molecular complexity index is 1030. The van der Waals surface area contributed by atoms with Gasteiger partial charge >= 0.3 is 18.4 Å². The van der Waals surface area contributed by atoms with Crippen molar-refractivity contribution in [2.75, 3.05) is 44.0 Å². The van der Waals surface area contributed by atoms with Gasteiger partial charge in [0.2, 0.25) is 0 Å². The van der Waals surface area contributed by atoms with E-state index in [0.29, 0.717) is 18.5 Å². The van der Waals surface area contributed by atoms with Gasteiger partial charge in [-0.3, -0.25) is 4.90 Å². The second-order valence-corrected chi connectivity index (χ2v) is 8.02. The average molecular weight is 475 g/mol. The normalized spacial score (nSPS) is 13.9. The zero-order chi connectivity index (χ0) is 24.6. The van der Waals surface area contributed by atoms with E-state index in [9.17, 15) is 31.1 Å². The number of ether oxygens (including phenoxy) is 1. The van der Waals surface area contributed by atoms with Crippen LogP contribution in [0.2, 0.25) is 0 Å². The maximum atomic E-state index is 13.3. The number of likely N-dealkylation sites (N-methyl/N-ethyl adjacent to an activating group) is 1. The second kappa shape index (κ2) is 9.12. The SMILES string of the molecule is Cc1cc2c(cc1C(F)(F)F)N(C(=O)Nc1cc(OCCN(C)C)cc(C(F)(F)F)c1)CC2. The number of carbonyl (C=O) groups is 1. The number of nitrogens with one attached hydrogen (secondary N) is 1. The molecule has 1 heterocycles. The van der Waals surface area contributed by atoms with E-state index in [-0.39, 0.29) is 35.8 Å². The maximum absolute atomic E-state index is 13.3. The molecule has 2 amide bonds. The van der Waals surface area contributed by atoms with Crippen molar-refractivity contribution in [1.82, 2.24) is 4.90 Å². The quantitative estimate of drug-likeness (QED) is 0.576. The zero-order valence-electron chi connectivity index (χ0n) is 18.2. The molecule has 2 aromatic rings. The van der Waals surface area contributed by atoms with Gasteiger partial charge in [0.25, 0.3) is 0 Å². The second-order valence-electron chi connectivity index (χ2n) is 8.02. The number of alkyl halides is 6. The smallest absolute Gasteiger partial charge is 0.416 e. The van der Waals surface area contributed by atoms with E-state index in [2.05, 4.69) is 5.32 Å². The van der Waals surface area contributed by atoms with Crippen molar-refractivity contribution in [1.29, 1.82) is 0 Å². The van der Waals surface area contributed by atoms with Crippen molar-refractivity contribution in [2.45, 2.75) is 25.7 Å². The molecule has 1 N–H and O–H groups in total. The van der Waals surface area contributed by atoms with Crippen LogP contribution < -0.4 is 15.0 Å². The van der Waals surface area contributed by atoms with Gasteiger partial charge in [-0.1, -0.05) is 6.07 Å². The van der Waals surface area contributed by atoms with E-state index in [0.717, 1.165) is 23.1 Å². The van der Waals surface area contributed by atoms with Crippen LogP contribution in [0, 0.1) is 6.92 Å². The number of rotatable bonds is 5. The van der Waals surface area contributed by atoms with Gasteiger partial charge in [-0.05, 0) is 56.8 Å². The number of anilines is 2. The number of halogens is 6. The van der Waals surface area contributed by atoms with Crippen molar-refractivity contribution in [2.24, 2.45) is 0 Å². The van der Waals surface area contributed by atoms with Gasteiger partial charge in [0.15, 0.2) is 0 Å². The Hall–Kier alpha value is -2.95. The first-order chi connectivity index (χ1) is 15.3. The number of amides is 2. The molecule has 1 aliphatic heterocycles. The van der Waals surface area contributed by atoms with Gasteiger partial charge in [-0.2, -0.15) is 26.3 Å². The van der Waals surface area contributed by atoms with Crippen molar-refractivity contribution < 1.29 is 35.9 Å². The summed E-state index contributed by atoms with van der Waals surface area (Å²) in [5.41, 5.74) is -1.37. The van der Waals surface area contributed by atoms with Crippen LogP contribution in [-0.2, 0) is 18.8 Å². The van der Waals surface area contributed by atoms with E-state index >= 15 is 0 Å². The molecule has 0 unspecified atom stereocenters. The molecule has 0 atom stereocenters. The Morgan fingerprint density at radius 1 is 1.06 bits per heavy atom. The number of carbonyl (C=O) groups excluding carboxylic acids is 1. The fraction of sp³-hybridized carbons (Fsp3) is 0.409. The largest absolute Gasteiger partial charge is 0.492 e. The van der Waals surface area contributed by atoms with Crippen LogP contribution in [0.1, 0.15) is 22.3 Å². The van der Waals surface area contributed by atoms with Gasteiger partial charge in [-0.15, -0.1) is 0 Å². The summed E-state index contributed by atoms with van der Waals surface area (Å²) in [5.74, 6) is -0.0845. The average Bonchev–Trinajstić information content (AvgIpc) is 3.08. The molecule has 5 nitrogen and oxygen atoms in total. The first kappa shape index (κ1) is 24.7. The number of urea groups is 1. The van der Waals surface area contributed by atoms with Crippen molar-refractivity contribution in [3.8, 4) is 5.75 Å². The third-order valence-corrected chi connectivity index (χ3v) is 5.16. The van der Waals surface area contributed by atoms with Gasteiger partial charge in [0, 0.05) is 30.5 Å². The first-order valence-corrected chi connectivity index (χ1v) is 10.0. The van der Waals surface area contributed by atoms with E-state index in [1.54, 1.807) is 19.0 Å². The molecule has 0 saturated carbocycles. The highest BCUT2D eigenvalue weighted by Crippen LogP contribution is 2.39. The highest BCUT2D eigenvalue weighted by atomic mass is 19.4. The molecular formula is C22H23F6N3O2. The molecule has 0 saturated heterocycles. The van der Waals surface area contributed by atoms with E-state index in [4.69, 9.17) is 4.74 Å². The summed E-state index contributed by atoms with van der Waals surface area (Å²) in [6.07, 6.45) is -8.94. The molecule has 0 bridgehead atoms. The lowest BCUT2D eigenvalue weighted by molar-refractivity contribution is -0.138. The number of aryl methyl sites for hydroxylation is 1. The molecule has 0 aromatic heterocycles. The van der Waals surface area contributed by atoms with Gasteiger partial charge in [-0.25, -0.2) is 4.79 Å². The third kappa shape index (κ3) is 5.89. The molecule has 33 heavy (non-hydrogen) atoms. The maximum Gasteiger partial charge on any atom is 0.416 e. The van der Waals surface area contributed by atoms with Crippen LogP contribution in [0.5, 0.6) is 5.75 Å². The monoisotopic (exact) mass is 475 g/mol. The fourth-order valence-corrected chi connectivity index (χ4v) is 3.53. The van der Waals surface area contributed by atoms with Crippen LogP contribution in [0.25, 0.3) is 0 Å². The molecule has 2 aromatic carbocycles. The van der Waals surface area contributed by atoms with Crippen LogP contribution in [-0.4, -0.2) is 44.7 Å². The predicted octanol–water partition coefficient (Wildman–Crippen LogP) is 5.57. The van der Waals surface area contributed by atoms with Crippen molar-refractivity contribution >= 4 is 17.4 Å². The Morgan fingerprint density at radius 2 is 1.76 bits per heavy atom. The molecule has 11 heteroatoms. The summed E-state index contributed by atoms with van der Waals surface area (Å²) in [5, 5.41) is 2.36. The fourth-order valence-electron chi connectivity index (χ4n) is 3.53. The minimum atomic E-state index is -4.68. The van der Waals surface area contributed by atoms with Crippen LogP contribution in [0.3, 0.4) is 0 Å². The first-order valence-electron chi connectivity index (χ1n) is 10.0. The number of hydrogen-bond acceptors (Lipinski definition) is 3. The standard InChI is InChI=1S/C22H23F6N3O2/c1-13-8-14-4-5-31(19(14)12-18(13)22(26,27)28)20(32)29-16-9-15(21(23,24)25)10-17(11-16)33-7-6-30(2)3/h8-12H,4-7H2,1-3H3,(H,29,32). The Balaban J connectivity index is 1.86. The summed E-state index contributed by atoms with van der Waals surface area (Å²) in [7, 11) is 3.56. The van der Waals surface area contributed by atoms with Crippen LogP contribution >= 0.6 is 0 Å². The minimum Gasteiger partial charge on any atom is -0.492 e. The molecule has 0 aliphatic carbocycles. The van der Waals surface area contributed by atoms with Gasteiger partial charge < -0.3 is 15.0 Å². The Labute approximate surface area is 186 Å². The number of nitrogens with zero attached hydrogens (tertiary/aromatic N) is 2. The van der Waals surface area contributed by atoms with E-state index < -0.39 is 29.5 Å². The van der Waals surface area contributed by atoms with E-state index in [1.807, 2.05) is 0 Å². The molecule has 0 fully saturated rings. The molecule has 3 rings (SSSR count). The molecule has 0 radical (unpaired) electrons. The number of hydrogen-bond donors (Lipinski definition) is 1. The van der Waals surface area contributed by atoms with Crippen molar-refractivity contribution in [3.05, 3.63) is 52.6 Å². The number of fused-ring (bicyclic) bond motifs is 1. The van der Waals surface area contributed by atoms with Gasteiger partial charge in [0.05, 0.1) is 11.1 Å². The number of benzene rings is 2. The van der Waals surface area contributed by atoms with E-state index in [1.165, 1.54) is 19.1 Å². The van der Waals surface area contributed by atoms with Gasteiger partial charge in [0.1, 0.15) is 12.4 Å². The summed E-state index contributed by atoms with van der Waals surface area (Å²) in [6, 6.07) is 4.28. The molecule has 0 spiro atoms. The molecule has 1 aliphatic rings. The molecular weight excluding hydrogens is 452 g/mol. The summed E-state index contributed by atoms with van der Waals surface area (Å²) in [6.45, 7) is 2.03. The molecule has 180 valence electrons. The zero-order valence-corrected chi connectivity index (χ0v) is 18.2. The lowest BCUT2D eigenvalue weighted by atomic mass is 10.0. The third-order valence-electron chi connectivity index (χ3n) is 5.16. The summed E-state index contributed by atoms with van der Waals surface area (Å²) in [4.78, 5) is 15.7. The Morgan fingerprint density at radius 3 is 2.36 bits per heavy atom. The predicted molar refractivity (Wildman–Crippen MR) is 112 cm³/mol. The Kier molecular flexibility index (Phi) is 6.83. The minimum absolute atomic E-state index is 0.0425. The highest BCUT2D eigenvalue weighted by molar-refractivity contribution is 6.03. The topological polar surface area (TPSA) is 44.8 Å². The summed E-state index contributed by atoms with van der Waals surface area (Å²) < 4.78 is 85.3. The van der Waals surface area contributed by atoms with Crippen molar-refractivity contribution in [3.63, 3.8) is 0 Å². The van der Waals surface area contributed by atoms with Crippen LogP contribution in [0.4, 0.5) is 42.5 Å².